The van der Waals surface area contributed by atoms with Crippen LogP contribution in [0.1, 0.15) is 39.0 Å². The zero-order chi connectivity index (χ0) is 17.8. The van der Waals surface area contributed by atoms with Crippen LogP contribution in [0.2, 0.25) is 0 Å². The molecule has 0 aromatic heterocycles. The van der Waals surface area contributed by atoms with E-state index >= 15 is 0 Å². The van der Waals surface area contributed by atoms with Crippen molar-refractivity contribution >= 4 is 11.9 Å². The molecule has 1 aliphatic heterocycles. The molecule has 1 N–H and O–H groups in total. The van der Waals surface area contributed by atoms with Crippen molar-refractivity contribution < 1.29 is 24.2 Å². The minimum atomic E-state index is -0.898. The highest BCUT2D eigenvalue weighted by Gasteiger charge is 2.82. The molecule has 5 nitrogen and oxygen atoms in total. The van der Waals surface area contributed by atoms with Crippen molar-refractivity contribution in [3.05, 3.63) is 24.3 Å². The van der Waals surface area contributed by atoms with Gasteiger partial charge >= 0.3 is 11.9 Å². The number of rotatable bonds is 1. The van der Waals surface area contributed by atoms with Crippen LogP contribution < -0.4 is 0 Å². The van der Waals surface area contributed by atoms with Crippen molar-refractivity contribution in [1.29, 1.82) is 0 Å². The molecule has 0 aromatic rings. The summed E-state index contributed by atoms with van der Waals surface area (Å²) in [5.74, 6) is -1.13. The lowest BCUT2D eigenvalue weighted by atomic mass is 9.62. The average molecular weight is 344 g/mol. The molecule has 5 rings (SSSR count). The summed E-state index contributed by atoms with van der Waals surface area (Å²) >= 11 is 0. The zero-order valence-corrected chi connectivity index (χ0v) is 14.7. The summed E-state index contributed by atoms with van der Waals surface area (Å²) in [5.41, 5.74) is -1.95. The number of esters is 2. The lowest BCUT2D eigenvalue weighted by molar-refractivity contribution is -0.162. The van der Waals surface area contributed by atoms with Crippen molar-refractivity contribution in [1.82, 2.24) is 0 Å². The molecule has 1 saturated heterocycles. The third-order valence-electron chi connectivity index (χ3n) is 8.16. The Kier molecular flexibility index (Phi) is 2.62. The van der Waals surface area contributed by atoms with Crippen LogP contribution in [0.4, 0.5) is 0 Å². The standard InChI is InChI=1S/C20H24O5/c1-11-9-18-10-19(11,23)8-5-12(18)20-7-4-6-17(2,16(22)25-20)14(20)13(18)15(21)24-3/h4,6,12-14,23H,1,5,7-10H2,2-3H3. The number of hydrogen-bond donors (Lipinski definition) is 1. The molecule has 25 heavy (non-hydrogen) atoms. The summed E-state index contributed by atoms with van der Waals surface area (Å²) in [4.78, 5) is 25.7. The molecule has 4 bridgehead atoms. The second kappa shape index (κ2) is 4.20. The summed E-state index contributed by atoms with van der Waals surface area (Å²) < 4.78 is 11.3. The second-order valence-corrected chi connectivity index (χ2v) is 9.03. The van der Waals surface area contributed by atoms with Gasteiger partial charge < -0.3 is 14.6 Å². The smallest absolute Gasteiger partial charge is 0.316 e. The van der Waals surface area contributed by atoms with E-state index in [1.54, 1.807) is 0 Å². The van der Waals surface area contributed by atoms with Gasteiger partial charge in [-0.3, -0.25) is 9.59 Å². The van der Waals surface area contributed by atoms with E-state index in [1.807, 2.05) is 19.1 Å². The Bertz CT molecular complexity index is 755. The first kappa shape index (κ1) is 15.6. The molecule has 5 aliphatic rings. The summed E-state index contributed by atoms with van der Waals surface area (Å²) in [6, 6.07) is 0. The number of ether oxygens (including phenoxy) is 2. The topological polar surface area (TPSA) is 72.8 Å². The van der Waals surface area contributed by atoms with Gasteiger partial charge in [-0.05, 0) is 43.6 Å². The van der Waals surface area contributed by atoms with Crippen molar-refractivity contribution in [3.8, 4) is 0 Å². The van der Waals surface area contributed by atoms with E-state index in [4.69, 9.17) is 9.47 Å². The van der Waals surface area contributed by atoms with E-state index in [2.05, 4.69) is 6.58 Å². The Balaban J connectivity index is 1.76. The molecule has 134 valence electrons. The van der Waals surface area contributed by atoms with Gasteiger partial charge in [-0.25, -0.2) is 0 Å². The predicted octanol–water partition coefficient (Wildman–Crippen LogP) is 2.14. The van der Waals surface area contributed by atoms with Crippen LogP contribution in [-0.4, -0.2) is 35.4 Å². The summed E-state index contributed by atoms with van der Waals surface area (Å²) in [7, 11) is 1.41. The van der Waals surface area contributed by atoms with Crippen molar-refractivity contribution in [2.24, 2.45) is 28.6 Å². The first-order valence-electron chi connectivity index (χ1n) is 9.13. The normalized spacial score (nSPS) is 54.9. The number of fused-ring (bicyclic) bond motifs is 1. The minimum Gasteiger partial charge on any atom is -0.469 e. The monoisotopic (exact) mass is 344 g/mol. The van der Waals surface area contributed by atoms with Crippen molar-refractivity contribution in [3.63, 3.8) is 0 Å². The molecular formula is C20H24O5. The molecule has 7 unspecified atom stereocenters. The van der Waals surface area contributed by atoms with E-state index in [-0.39, 0.29) is 23.8 Å². The fraction of sp³-hybridized carbons (Fsp3) is 0.700. The second-order valence-electron chi connectivity index (χ2n) is 9.03. The third kappa shape index (κ3) is 1.44. The number of hydrogen-bond acceptors (Lipinski definition) is 5. The van der Waals surface area contributed by atoms with Crippen LogP contribution in [0.5, 0.6) is 0 Å². The maximum Gasteiger partial charge on any atom is 0.316 e. The molecule has 4 aliphatic carbocycles. The first-order valence-corrected chi connectivity index (χ1v) is 9.13. The molecule has 1 heterocycles. The molecular weight excluding hydrogens is 320 g/mol. The summed E-state index contributed by atoms with van der Waals surface area (Å²) in [6.07, 6.45) is 7.11. The molecule has 0 aromatic carbocycles. The maximum atomic E-state index is 13.0. The van der Waals surface area contributed by atoms with Crippen LogP contribution in [0.25, 0.3) is 0 Å². The van der Waals surface area contributed by atoms with Gasteiger partial charge in [-0.2, -0.15) is 0 Å². The highest BCUT2D eigenvalue weighted by molar-refractivity contribution is 5.87. The molecule has 5 heteroatoms. The number of carbonyl (C=O) groups is 2. The van der Waals surface area contributed by atoms with E-state index in [0.717, 1.165) is 12.0 Å². The lowest BCUT2D eigenvalue weighted by Crippen LogP contribution is -2.47. The number of carbonyl (C=O) groups excluding carboxylic acids is 2. The van der Waals surface area contributed by atoms with Gasteiger partial charge in [0.05, 0.1) is 24.0 Å². The van der Waals surface area contributed by atoms with E-state index in [0.29, 0.717) is 25.7 Å². The van der Waals surface area contributed by atoms with Gasteiger partial charge in [-0.1, -0.05) is 18.7 Å². The largest absolute Gasteiger partial charge is 0.469 e. The molecule has 7 atom stereocenters. The minimum absolute atomic E-state index is 0.0596. The van der Waals surface area contributed by atoms with Gasteiger partial charge in [0.2, 0.25) is 0 Å². The van der Waals surface area contributed by atoms with Gasteiger partial charge in [0.15, 0.2) is 0 Å². The Labute approximate surface area is 147 Å². The summed E-state index contributed by atoms with van der Waals surface area (Å²) in [5, 5.41) is 11.0. The van der Waals surface area contributed by atoms with Crippen molar-refractivity contribution in [2.75, 3.05) is 7.11 Å². The van der Waals surface area contributed by atoms with Gasteiger partial charge in [-0.15, -0.1) is 0 Å². The summed E-state index contributed by atoms with van der Waals surface area (Å²) in [6.45, 7) is 6.01. The van der Waals surface area contributed by atoms with Crippen LogP contribution in [-0.2, 0) is 19.1 Å². The van der Waals surface area contributed by atoms with Crippen LogP contribution >= 0.6 is 0 Å². The molecule has 0 amide bonds. The Morgan fingerprint density at radius 1 is 1.48 bits per heavy atom. The van der Waals surface area contributed by atoms with Crippen molar-refractivity contribution in [2.45, 2.75) is 50.2 Å². The third-order valence-corrected chi connectivity index (χ3v) is 8.16. The predicted molar refractivity (Wildman–Crippen MR) is 88.2 cm³/mol. The molecule has 4 fully saturated rings. The quantitative estimate of drug-likeness (QED) is 0.583. The van der Waals surface area contributed by atoms with Crippen LogP contribution in [0.3, 0.4) is 0 Å². The van der Waals surface area contributed by atoms with E-state index in [1.165, 1.54) is 7.11 Å². The average Bonchev–Trinajstić information content (AvgIpc) is 2.95. The first-order chi connectivity index (χ1) is 11.7. The highest BCUT2D eigenvalue weighted by Crippen LogP contribution is 2.77. The fourth-order valence-electron chi connectivity index (χ4n) is 7.34. The fourth-order valence-corrected chi connectivity index (χ4v) is 7.34. The van der Waals surface area contributed by atoms with Gasteiger partial charge in [0.1, 0.15) is 5.60 Å². The van der Waals surface area contributed by atoms with Crippen LogP contribution in [0, 0.1) is 28.6 Å². The maximum absolute atomic E-state index is 13.0. The zero-order valence-electron chi connectivity index (χ0n) is 14.7. The molecule has 0 radical (unpaired) electrons. The van der Waals surface area contributed by atoms with E-state index < -0.39 is 27.9 Å². The SMILES string of the molecule is C=C1CC23CC1(O)CCC2C12CC=CC(C)(C(=O)O1)C2C3C(=O)OC. The lowest BCUT2D eigenvalue weighted by Gasteiger charge is -2.45. The highest BCUT2D eigenvalue weighted by atomic mass is 16.6. The van der Waals surface area contributed by atoms with Gasteiger partial charge in [0.25, 0.3) is 0 Å². The Morgan fingerprint density at radius 2 is 2.24 bits per heavy atom. The number of aliphatic hydroxyl groups is 1. The van der Waals surface area contributed by atoms with Crippen LogP contribution in [0.15, 0.2) is 24.3 Å². The molecule has 1 spiro atoms. The van der Waals surface area contributed by atoms with Gasteiger partial charge in [0, 0.05) is 18.3 Å². The van der Waals surface area contributed by atoms with E-state index in [9.17, 15) is 14.7 Å². The Morgan fingerprint density at radius 3 is 2.96 bits per heavy atom. The molecule has 3 saturated carbocycles. The number of methoxy groups -OCH3 is 1. The Hall–Kier alpha value is -1.62.